The predicted molar refractivity (Wildman–Crippen MR) is 86.7 cm³/mol. The number of aromatic nitrogens is 1. The first-order chi connectivity index (χ1) is 10.7. The van der Waals surface area contributed by atoms with Crippen molar-refractivity contribution in [3.05, 3.63) is 35.5 Å². The minimum Gasteiger partial charge on any atom is -0.364 e. The highest BCUT2D eigenvalue weighted by molar-refractivity contribution is 5.85. The molecule has 0 spiro atoms. The third kappa shape index (κ3) is 3.00. The van der Waals surface area contributed by atoms with E-state index in [0.717, 1.165) is 30.5 Å². The largest absolute Gasteiger partial charge is 0.364 e. The number of carbonyl (C=O) groups excluding carboxylic acids is 1. The van der Waals surface area contributed by atoms with Gasteiger partial charge in [0.1, 0.15) is 6.10 Å². The molecule has 0 unspecified atom stereocenters. The number of hydrogen-bond donors (Lipinski definition) is 3. The number of hydrogen-bond acceptors (Lipinski definition) is 3. The Balaban J connectivity index is 1.56. The van der Waals surface area contributed by atoms with Gasteiger partial charge in [-0.15, -0.1) is 0 Å². The normalized spacial score (nSPS) is 21.4. The predicted octanol–water partition coefficient (Wildman–Crippen LogP) is 1.64. The first kappa shape index (κ1) is 15.1. The number of para-hydroxylation sites is 1. The maximum absolute atomic E-state index is 12.1. The van der Waals surface area contributed by atoms with Gasteiger partial charge in [-0.05, 0) is 37.8 Å². The van der Waals surface area contributed by atoms with Crippen LogP contribution in [0, 0.1) is 6.92 Å². The molecule has 2 aromatic rings. The Morgan fingerprint density at radius 1 is 1.41 bits per heavy atom. The van der Waals surface area contributed by atoms with Crippen molar-refractivity contribution in [3.8, 4) is 0 Å². The van der Waals surface area contributed by atoms with Crippen LogP contribution in [0.1, 0.15) is 24.1 Å². The summed E-state index contributed by atoms with van der Waals surface area (Å²) in [6.45, 7) is 3.18. The van der Waals surface area contributed by atoms with Gasteiger partial charge in [0.25, 0.3) is 0 Å². The van der Waals surface area contributed by atoms with E-state index in [4.69, 9.17) is 10.5 Å². The van der Waals surface area contributed by atoms with E-state index < -0.39 is 0 Å². The van der Waals surface area contributed by atoms with E-state index in [2.05, 4.69) is 29.4 Å². The molecule has 2 atom stereocenters. The van der Waals surface area contributed by atoms with Crippen LogP contribution in [0.25, 0.3) is 10.9 Å². The van der Waals surface area contributed by atoms with Gasteiger partial charge >= 0.3 is 0 Å². The summed E-state index contributed by atoms with van der Waals surface area (Å²) in [7, 11) is 0. The lowest BCUT2D eigenvalue weighted by molar-refractivity contribution is -0.131. The fourth-order valence-corrected chi connectivity index (χ4v) is 3.15. The van der Waals surface area contributed by atoms with Crippen LogP contribution in [0.5, 0.6) is 0 Å². The second-order valence-corrected chi connectivity index (χ2v) is 5.87. The Morgan fingerprint density at radius 2 is 2.23 bits per heavy atom. The molecule has 4 N–H and O–H groups in total. The molecule has 0 saturated carbocycles. The number of nitrogens with one attached hydrogen (secondary N) is 2. The van der Waals surface area contributed by atoms with Crippen LogP contribution in [-0.4, -0.2) is 36.2 Å². The van der Waals surface area contributed by atoms with Crippen molar-refractivity contribution < 1.29 is 9.53 Å². The monoisotopic (exact) mass is 301 g/mol. The number of benzene rings is 1. The molecule has 3 rings (SSSR count). The van der Waals surface area contributed by atoms with Crippen LogP contribution in [0.2, 0.25) is 0 Å². The molecule has 0 aliphatic carbocycles. The van der Waals surface area contributed by atoms with Gasteiger partial charge in [0, 0.05) is 29.7 Å². The molecule has 2 heterocycles. The van der Waals surface area contributed by atoms with Crippen LogP contribution in [0.3, 0.4) is 0 Å². The van der Waals surface area contributed by atoms with Gasteiger partial charge in [-0.1, -0.05) is 18.2 Å². The highest BCUT2D eigenvalue weighted by atomic mass is 16.5. The summed E-state index contributed by atoms with van der Waals surface area (Å²) < 4.78 is 5.61. The Hall–Kier alpha value is -1.85. The fourth-order valence-electron chi connectivity index (χ4n) is 3.15. The molecule has 0 radical (unpaired) electrons. The number of carbonyl (C=O) groups is 1. The van der Waals surface area contributed by atoms with Crippen molar-refractivity contribution in [2.24, 2.45) is 5.73 Å². The van der Waals surface area contributed by atoms with Gasteiger partial charge in [0.05, 0.1) is 6.10 Å². The van der Waals surface area contributed by atoms with E-state index in [1.165, 1.54) is 10.9 Å². The Morgan fingerprint density at radius 3 is 3.00 bits per heavy atom. The first-order valence-electron chi connectivity index (χ1n) is 7.88. The molecular formula is C17H23N3O2. The second-order valence-electron chi connectivity index (χ2n) is 5.87. The molecule has 5 heteroatoms. The number of fused-ring (bicyclic) bond motifs is 1. The molecule has 1 aliphatic heterocycles. The van der Waals surface area contributed by atoms with Gasteiger partial charge in [-0.25, -0.2) is 0 Å². The zero-order chi connectivity index (χ0) is 15.5. The summed E-state index contributed by atoms with van der Waals surface area (Å²) in [5.74, 6) is -0.0200. The number of nitrogens with two attached hydrogens (primary N) is 1. The summed E-state index contributed by atoms with van der Waals surface area (Å²) in [6.07, 6.45) is 2.15. The SMILES string of the molecule is Cc1[nH]c2ccccc2c1CCNC(=O)[C@@H]1CC[C@H](CN)O1. The lowest BCUT2D eigenvalue weighted by atomic mass is 10.1. The van der Waals surface area contributed by atoms with Crippen LogP contribution in [-0.2, 0) is 16.0 Å². The Labute approximate surface area is 130 Å². The molecule has 5 nitrogen and oxygen atoms in total. The number of rotatable bonds is 5. The lowest BCUT2D eigenvalue weighted by Gasteiger charge is -2.12. The Kier molecular flexibility index (Phi) is 4.45. The third-order valence-corrected chi connectivity index (χ3v) is 4.36. The van der Waals surface area contributed by atoms with Gasteiger partial charge in [0.15, 0.2) is 0 Å². The molecule has 118 valence electrons. The standard InChI is InChI=1S/C17H23N3O2/c1-11-13(14-4-2-3-5-15(14)20-11)8-9-19-17(21)16-7-6-12(10-18)22-16/h2-5,12,16,20H,6-10,18H2,1H3,(H,19,21)/t12-,16+/m1/s1. The topological polar surface area (TPSA) is 80.1 Å². The van der Waals surface area contributed by atoms with Crippen LogP contribution in [0.15, 0.2) is 24.3 Å². The molecule has 22 heavy (non-hydrogen) atoms. The molecule has 1 amide bonds. The van der Waals surface area contributed by atoms with Crippen molar-refractivity contribution in [1.82, 2.24) is 10.3 Å². The summed E-state index contributed by atoms with van der Waals surface area (Å²) in [5.41, 5.74) is 9.14. The van der Waals surface area contributed by atoms with Crippen molar-refractivity contribution in [2.45, 2.75) is 38.4 Å². The quantitative estimate of drug-likeness (QED) is 0.785. The maximum Gasteiger partial charge on any atom is 0.249 e. The zero-order valence-corrected chi connectivity index (χ0v) is 12.9. The lowest BCUT2D eigenvalue weighted by Crippen LogP contribution is -2.36. The van der Waals surface area contributed by atoms with Gasteiger partial charge in [0.2, 0.25) is 5.91 Å². The van der Waals surface area contributed by atoms with E-state index in [1.54, 1.807) is 0 Å². The van der Waals surface area contributed by atoms with Crippen molar-refractivity contribution in [1.29, 1.82) is 0 Å². The average Bonchev–Trinajstić information content (AvgIpc) is 3.12. The van der Waals surface area contributed by atoms with Gasteiger partial charge < -0.3 is 20.8 Å². The number of amides is 1. The van der Waals surface area contributed by atoms with Crippen LogP contribution in [0.4, 0.5) is 0 Å². The van der Waals surface area contributed by atoms with Crippen molar-refractivity contribution >= 4 is 16.8 Å². The molecule has 1 aromatic carbocycles. The summed E-state index contributed by atoms with van der Waals surface area (Å²) in [6, 6.07) is 8.25. The van der Waals surface area contributed by atoms with E-state index >= 15 is 0 Å². The van der Waals surface area contributed by atoms with E-state index in [9.17, 15) is 4.79 Å². The second kappa shape index (κ2) is 6.50. The molecular weight excluding hydrogens is 278 g/mol. The number of aromatic amines is 1. The van der Waals surface area contributed by atoms with E-state index in [-0.39, 0.29) is 18.1 Å². The van der Waals surface area contributed by atoms with Crippen molar-refractivity contribution in [2.75, 3.05) is 13.1 Å². The summed E-state index contributed by atoms with van der Waals surface area (Å²) >= 11 is 0. The molecule has 1 aliphatic rings. The van der Waals surface area contributed by atoms with E-state index in [1.807, 2.05) is 12.1 Å². The minimum atomic E-state index is -0.336. The highest BCUT2D eigenvalue weighted by Crippen LogP contribution is 2.22. The molecule has 1 aromatic heterocycles. The number of ether oxygens (including phenoxy) is 1. The average molecular weight is 301 g/mol. The molecule has 1 saturated heterocycles. The van der Waals surface area contributed by atoms with Crippen molar-refractivity contribution in [3.63, 3.8) is 0 Å². The summed E-state index contributed by atoms with van der Waals surface area (Å²) in [4.78, 5) is 15.5. The van der Waals surface area contributed by atoms with E-state index in [0.29, 0.717) is 13.1 Å². The maximum atomic E-state index is 12.1. The summed E-state index contributed by atoms with van der Waals surface area (Å²) in [5, 5.41) is 4.21. The third-order valence-electron chi connectivity index (χ3n) is 4.36. The Bertz CT molecular complexity index is 665. The van der Waals surface area contributed by atoms with Crippen LogP contribution >= 0.6 is 0 Å². The molecule has 0 bridgehead atoms. The van der Waals surface area contributed by atoms with Gasteiger partial charge in [-0.3, -0.25) is 4.79 Å². The number of H-pyrrole nitrogens is 1. The van der Waals surface area contributed by atoms with Crippen LogP contribution < -0.4 is 11.1 Å². The minimum absolute atomic E-state index is 0.0200. The highest BCUT2D eigenvalue weighted by Gasteiger charge is 2.29. The zero-order valence-electron chi connectivity index (χ0n) is 12.9. The number of aryl methyl sites for hydroxylation is 1. The van der Waals surface area contributed by atoms with Gasteiger partial charge in [-0.2, -0.15) is 0 Å². The smallest absolute Gasteiger partial charge is 0.249 e. The fraction of sp³-hybridized carbons (Fsp3) is 0.471. The first-order valence-corrected chi connectivity index (χ1v) is 7.88. The molecule has 1 fully saturated rings.